The van der Waals surface area contributed by atoms with Crippen LogP contribution in [0.2, 0.25) is 0 Å². The van der Waals surface area contributed by atoms with Crippen molar-refractivity contribution in [3.8, 4) is 0 Å². The van der Waals surface area contributed by atoms with Crippen LogP contribution >= 0.6 is 0 Å². The predicted octanol–water partition coefficient (Wildman–Crippen LogP) is 0.596. The SMILES string of the molecule is CC(C)N(C)CCCNC1CC(=O)N(C2CC2)C1=O. The molecule has 1 saturated heterocycles. The zero-order valence-corrected chi connectivity index (χ0v) is 12.2. The van der Waals surface area contributed by atoms with Gasteiger partial charge in [-0.1, -0.05) is 0 Å². The highest BCUT2D eigenvalue weighted by atomic mass is 16.2. The fourth-order valence-corrected chi connectivity index (χ4v) is 2.39. The first-order valence-electron chi connectivity index (χ1n) is 7.30. The van der Waals surface area contributed by atoms with Crippen LogP contribution in [-0.4, -0.2) is 59.9 Å². The molecule has 0 radical (unpaired) electrons. The van der Waals surface area contributed by atoms with Gasteiger partial charge in [-0.15, -0.1) is 0 Å². The van der Waals surface area contributed by atoms with Crippen molar-refractivity contribution in [2.75, 3.05) is 20.1 Å². The summed E-state index contributed by atoms with van der Waals surface area (Å²) >= 11 is 0. The minimum Gasteiger partial charge on any atom is -0.305 e. The van der Waals surface area contributed by atoms with Crippen molar-refractivity contribution in [2.24, 2.45) is 0 Å². The molecule has 1 unspecified atom stereocenters. The second-order valence-corrected chi connectivity index (χ2v) is 5.97. The van der Waals surface area contributed by atoms with Gasteiger partial charge in [0.25, 0.3) is 0 Å². The van der Waals surface area contributed by atoms with E-state index in [4.69, 9.17) is 0 Å². The van der Waals surface area contributed by atoms with E-state index in [9.17, 15) is 9.59 Å². The van der Waals surface area contributed by atoms with Crippen LogP contribution in [0.5, 0.6) is 0 Å². The maximum Gasteiger partial charge on any atom is 0.247 e. The van der Waals surface area contributed by atoms with E-state index in [2.05, 4.69) is 31.1 Å². The Morgan fingerprint density at radius 1 is 1.37 bits per heavy atom. The zero-order chi connectivity index (χ0) is 14.0. The molecular formula is C14H25N3O2. The molecule has 0 bridgehead atoms. The fourth-order valence-electron chi connectivity index (χ4n) is 2.39. The summed E-state index contributed by atoms with van der Waals surface area (Å²) in [6, 6.07) is 0.469. The number of nitrogens with zero attached hydrogens (tertiary/aromatic N) is 2. The molecule has 108 valence electrons. The van der Waals surface area contributed by atoms with Gasteiger partial charge in [-0.25, -0.2) is 0 Å². The van der Waals surface area contributed by atoms with E-state index in [0.29, 0.717) is 12.5 Å². The average Bonchev–Trinajstić information content (AvgIpc) is 3.13. The quantitative estimate of drug-likeness (QED) is 0.542. The van der Waals surface area contributed by atoms with Crippen molar-refractivity contribution in [2.45, 2.75) is 57.7 Å². The standard InChI is InChI=1S/C14H25N3O2/c1-10(2)16(3)8-4-7-15-12-9-13(18)17(14(12)19)11-5-6-11/h10-12,15H,4-9H2,1-3H3. The van der Waals surface area contributed by atoms with Crippen LogP contribution in [0.4, 0.5) is 0 Å². The van der Waals surface area contributed by atoms with Gasteiger partial charge in [0.15, 0.2) is 0 Å². The third-order valence-electron chi connectivity index (χ3n) is 4.05. The van der Waals surface area contributed by atoms with Crippen LogP contribution in [0.25, 0.3) is 0 Å². The van der Waals surface area contributed by atoms with E-state index in [0.717, 1.165) is 32.4 Å². The number of hydrogen-bond donors (Lipinski definition) is 1. The minimum atomic E-state index is -0.280. The van der Waals surface area contributed by atoms with Crippen LogP contribution in [-0.2, 0) is 9.59 Å². The number of nitrogens with one attached hydrogen (secondary N) is 1. The smallest absolute Gasteiger partial charge is 0.247 e. The van der Waals surface area contributed by atoms with Gasteiger partial charge < -0.3 is 10.2 Å². The van der Waals surface area contributed by atoms with Crippen LogP contribution in [0.3, 0.4) is 0 Å². The summed E-state index contributed by atoms with van der Waals surface area (Å²) in [5.41, 5.74) is 0. The summed E-state index contributed by atoms with van der Waals surface area (Å²) in [6.07, 6.45) is 3.32. The largest absolute Gasteiger partial charge is 0.305 e. The molecule has 0 aromatic carbocycles. The Labute approximate surface area is 115 Å². The Morgan fingerprint density at radius 2 is 2.05 bits per heavy atom. The lowest BCUT2D eigenvalue weighted by Crippen LogP contribution is -2.40. The molecule has 1 aliphatic carbocycles. The summed E-state index contributed by atoms with van der Waals surface area (Å²) < 4.78 is 0. The molecular weight excluding hydrogens is 242 g/mol. The molecule has 5 nitrogen and oxygen atoms in total. The first-order valence-corrected chi connectivity index (χ1v) is 7.30. The molecule has 1 N–H and O–H groups in total. The summed E-state index contributed by atoms with van der Waals surface area (Å²) in [4.78, 5) is 27.6. The molecule has 2 fully saturated rings. The van der Waals surface area contributed by atoms with Gasteiger partial charge in [0, 0.05) is 12.1 Å². The Bertz CT molecular complexity index is 353. The first-order chi connectivity index (χ1) is 9.00. The fraction of sp³-hybridized carbons (Fsp3) is 0.857. The van der Waals surface area contributed by atoms with Crippen molar-refractivity contribution in [3.05, 3.63) is 0 Å². The molecule has 1 aliphatic heterocycles. The molecule has 1 heterocycles. The van der Waals surface area contributed by atoms with E-state index in [-0.39, 0.29) is 23.9 Å². The molecule has 1 atom stereocenters. The number of carbonyl (C=O) groups is 2. The van der Waals surface area contributed by atoms with Gasteiger partial charge in [0.2, 0.25) is 11.8 Å². The molecule has 0 aromatic heterocycles. The van der Waals surface area contributed by atoms with Crippen LogP contribution < -0.4 is 5.32 Å². The topological polar surface area (TPSA) is 52.7 Å². The Morgan fingerprint density at radius 3 is 2.63 bits per heavy atom. The van der Waals surface area contributed by atoms with Crippen LogP contribution in [0, 0.1) is 0 Å². The van der Waals surface area contributed by atoms with E-state index >= 15 is 0 Å². The van der Waals surface area contributed by atoms with Gasteiger partial charge in [-0.3, -0.25) is 14.5 Å². The van der Waals surface area contributed by atoms with E-state index < -0.39 is 0 Å². The van der Waals surface area contributed by atoms with Crippen molar-refractivity contribution in [1.29, 1.82) is 0 Å². The number of imide groups is 1. The zero-order valence-electron chi connectivity index (χ0n) is 12.2. The summed E-state index contributed by atoms with van der Waals surface area (Å²) in [5, 5.41) is 3.23. The van der Waals surface area contributed by atoms with Gasteiger partial charge in [-0.2, -0.15) is 0 Å². The van der Waals surface area contributed by atoms with E-state index in [1.54, 1.807) is 0 Å². The minimum absolute atomic E-state index is 0.00398. The first kappa shape index (κ1) is 14.5. The third kappa shape index (κ3) is 3.54. The maximum absolute atomic E-state index is 12.1. The third-order valence-corrected chi connectivity index (χ3v) is 4.05. The molecule has 2 aliphatic rings. The van der Waals surface area contributed by atoms with Gasteiger partial charge >= 0.3 is 0 Å². The van der Waals surface area contributed by atoms with Gasteiger partial charge in [-0.05, 0) is 53.2 Å². The molecule has 0 spiro atoms. The number of carbonyl (C=O) groups excluding carboxylic acids is 2. The van der Waals surface area contributed by atoms with Crippen LogP contribution in [0.15, 0.2) is 0 Å². The number of amides is 2. The summed E-state index contributed by atoms with van der Waals surface area (Å²) in [7, 11) is 2.10. The van der Waals surface area contributed by atoms with Crippen molar-refractivity contribution < 1.29 is 9.59 Å². The lowest BCUT2D eigenvalue weighted by molar-refractivity contribution is -0.139. The normalized spacial score (nSPS) is 24.1. The molecule has 1 saturated carbocycles. The Kier molecular flexibility index (Phi) is 4.58. The van der Waals surface area contributed by atoms with Gasteiger partial charge in [0.05, 0.1) is 12.5 Å². The predicted molar refractivity (Wildman–Crippen MR) is 73.7 cm³/mol. The number of rotatable bonds is 7. The maximum atomic E-state index is 12.1. The van der Waals surface area contributed by atoms with Crippen molar-refractivity contribution >= 4 is 11.8 Å². The van der Waals surface area contributed by atoms with E-state index in [1.165, 1.54) is 4.90 Å². The second kappa shape index (κ2) is 6.01. The second-order valence-electron chi connectivity index (χ2n) is 5.97. The summed E-state index contributed by atoms with van der Waals surface area (Å²) in [5.74, 6) is -0.00554. The lowest BCUT2D eigenvalue weighted by atomic mass is 10.2. The Hall–Kier alpha value is -0.940. The van der Waals surface area contributed by atoms with Gasteiger partial charge in [0.1, 0.15) is 0 Å². The summed E-state index contributed by atoms with van der Waals surface area (Å²) in [6.45, 7) is 6.13. The van der Waals surface area contributed by atoms with Crippen molar-refractivity contribution in [1.82, 2.24) is 15.1 Å². The molecule has 2 amide bonds. The highest BCUT2D eigenvalue weighted by Crippen LogP contribution is 2.31. The highest BCUT2D eigenvalue weighted by Gasteiger charge is 2.45. The molecule has 19 heavy (non-hydrogen) atoms. The highest BCUT2D eigenvalue weighted by molar-refractivity contribution is 6.06. The lowest BCUT2D eigenvalue weighted by Gasteiger charge is -2.21. The monoisotopic (exact) mass is 267 g/mol. The van der Waals surface area contributed by atoms with E-state index in [1.807, 2.05) is 0 Å². The number of likely N-dealkylation sites (tertiary alicyclic amines) is 1. The molecule has 0 aromatic rings. The number of hydrogen-bond acceptors (Lipinski definition) is 4. The molecule has 5 heteroatoms. The average molecular weight is 267 g/mol. The molecule has 2 rings (SSSR count). The Balaban J connectivity index is 1.69. The van der Waals surface area contributed by atoms with Crippen molar-refractivity contribution in [3.63, 3.8) is 0 Å². The van der Waals surface area contributed by atoms with Crippen LogP contribution in [0.1, 0.15) is 39.5 Å².